The monoisotopic (exact) mass is 268 g/mol. The summed E-state index contributed by atoms with van der Waals surface area (Å²) in [5.74, 6) is 1.49. The molecular formula is C12H16N2O5. The summed E-state index contributed by atoms with van der Waals surface area (Å²) in [4.78, 5) is 10.8. The third kappa shape index (κ3) is 3.77. The lowest BCUT2D eigenvalue weighted by molar-refractivity contribution is 0.171. The first-order valence-electron chi connectivity index (χ1n) is 5.33. The predicted molar refractivity (Wildman–Crippen MR) is 69.2 cm³/mol. The second-order valence-electron chi connectivity index (χ2n) is 3.32. The Bertz CT molecular complexity index is 448. The van der Waals surface area contributed by atoms with Gasteiger partial charge in [0.2, 0.25) is 5.75 Å². The smallest absolute Gasteiger partial charge is 0.427 e. The first-order valence-corrected chi connectivity index (χ1v) is 5.33. The van der Waals surface area contributed by atoms with Gasteiger partial charge < -0.3 is 18.9 Å². The minimum atomic E-state index is -0.649. The van der Waals surface area contributed by atoms with E-state index >= 15 is 0 Å². The Balaban J connectivity index is 2.99. The number of benzene rings is 1. The second kappa shape index (κ2) is 7.10. The molecule has 1 aromatic rings. The Morgan fingerprint density at radius 2 is 1.68 bits per heavy atom. The molecule has 0 saturated heterocycles. The maximum absolute atomic E-state index is 10.8. The van der Waals surface area contributed by atoms with Crippen LogP contribution < -0.4 is 19.6 Å². The number of carbonyl (C=O) groups excluding carboxylic acids is 1. The number of amides is 1. The number of nitrogens with one attached hydrogen (secondary N) is 1. The molecular weight excluding hydrogens is 252 g/mol. The van der Waals surface area contributed by atoms with Crippen LogP contribution in [0.3, 0.4) is 0 Å². The highest BCUT2D eigenvalue weighted by Gasteiger charge is 2.12. The maximum atomic E-state index is 10.8. The van der Waals surface area contributed by atoms with Crippen molar-refractivity contribution in [3.8, 4) is 17.2 Å². The minimum absolute atomic E-state index is 0.489. The first kappa shape index (κ1) is 14.6. The largest absolute Gasteiger partial charge is 0.493 e. The van der Waals surface area contributed by atoms with Crippen molar-refractivity contribution in [1.29, 1.82) is 0 Å². The normalized spacial score (nSPS) is 10.1. The SMILES string of the molecule is COC(=O)N/N=C/c1cc(OC)c(OC)c(OC)c1. The van der Waals surface area contributed by atoms with E-state index in [9.17, 15) is 4.79 Å². The molecule has 0 aliphatic carbocycles. The molecule has 0 saturated carbocycles. The molecule has 0 unspecified atom stereocenters. The van der Waals surface area contributed by atoms with Crippen LogP contribution in [0.15, 0.2) is 17.2 Å². The van der Waals surface area contributed by atoms with Gasteiger partial charge in [-0.1, -0.05) is 0 Å². The van der Waals surface area contributed by atoms with Crippen molar-refractivity contribution < 1.29 is 23.7 Å². The molecule has 0 aromatic heterocycles. The van der Waals surface area contributed by atoms with Crippen molar-refractivity contribution in [2.75, 3.05) is 28.4 Å². The fourth-order valence-corrected chi connectivity index (χ4v) is 1.38. The first-order chi connectivity index (χ1) is 9.15. The summed E-state index contributed by atoms with van der Waals surface area (Å²) in [7, 11) is 5.81. The fraction of sp³-hybridized carbons (Fsp3) is 0.333. The molecule has 1 aromatic carbocycles. The molecule has 19 heavy (non-hydrogen) atoms. The van der Waals surface area contributed by atoms with Crippen LogP contribution in [0.5, 0.6) is 17.2 Å². The van der Waals surface area contributed by atoms with Gasteiger partial charge in [0.25, 0.3) is 0 Å². The van der Waals surface area contributed by atoms with Gasteiger partial charge in [0.15, 0.2) is 11.5 Å². The molecule has 7 heteroatoms. The lowest BCUT2D eigenvalue weighted by atomic mass is 10.2. The average Bonchev–Trinajstić information content (AvgIpc) is 2.45. The number of hydrogen-bond donors (Lipinski definition) is 1. The molecule has 0 spiro atoms. The lowest BCUT2D eigenvalue weighted by Crippen LogP contribution is -2.16. The molecule has 1 amide bonds. The average molecular weight is 268 g/mol. The van der Waals surface area contributed by atoms with E-state index in [0.717, 1.165) is 0 Å². The van der Waals surface area contributed by atoms with E-state index in [0.29, 0.717) is 22.8 Å². The van der Waals surface area contributed by atoms with E-state index < -0.39 is 6.09 Å². The van der Waals surface area contributed by atoms with Crippen LogP contribution in [-0.4, -0.2) is 40.7 Å². The van der Waals surface area contributed by atoms with Gasteiger partial charge in [-0.25, -0.2) is 10.2 Å². The fourth-order valence-electron chi connectivity index (χ4n) is 1.38. The van der Waals surface area contributed by atoms with E-state index in [1.165, 1.54) is 34.7 Å². The molecule has 0 radical (unpaired) electrons. The number of hydrogen-bond acceptors (Lipinski definition) is 6. The van der Waals surface area contributed by atoms with Crippen LogP contribution in [0.25, 0.3) is 0 Å². The van der Waals surface area contributed by atoms with Crippen LogP contribution in [0, 0.1) is 0 Å². The summed E-state index contributed by atoms with van der Waals surface area (Å²) in [6.45, 7) is 0. The zero-order chi connectivity index (χ0) is 14.3. The molecule has 0 fully saturated rings. The number of methoxy groups -OCH3 is 4. The summed E-state index contributed by atoms with van der Waals surface area (Å²) in [6, 6.07) is 3.40. The standard InChI is InChI=1S/C12H16N2O5/c1-16-9-5-8(7-13-14-12(15)19-4)6-10(17-2)11(9)18-3/h5-7H,1-4H3,(H,14,15)/b13-7+. The number of nitrogens with zero attached hydrogens (tertiary/aromatic N) is 1. The van der Waals surface area contributed by atoms with Gasteiger partial charge in [-0.2, -0.15) is 5.10 Å². The van der Waals surface area contributed by atoms with E-state index in [2.05, 4.69) is 15.3 Å². The highest BCUT2D eigenvalue weighted by atomic mass is 16.5. The van der Waals surface area contributed by atoms with Crippen LogP contribution >= 0.6 is 0 Å². The number of hydrazone groups is 1. The van der Waals surface area contributed by atoms with Gasteiger partial charge >= 0.3 is 6.09 Å². The molecule has 0 aliphatic rings. The Kier molecular flexibility index (Phi) is 5.46. The van der Waals surface area contributed by atoms with Crippen molar-refractivity contribution in [3.63, 3.8) is 0 Å². The number of rotatable bonds is 5. The molecule has 0 heterocycles. The maximum Gasteiger partial charge on any atom is 0.427 e. The molecule has 7 nitrogen and oxygen atoms in total. The molecule has 1 N–H and O–H groups in total. The molecule has 0 bridgehead atoms. The van der Waals surface area contributed by atoms with Gasteiger partial charge in [-0.3, -0.25) is 0 Å². The zero-order valence-electron chi connectivity index (χ0n) is 11.2. The minimum Gasteiger partial charge on any atom is -0.493 e. The van der Waals surface area contributed by atoms with E-state index in [-0.39, 0.29) is 0 Å². The Hall–Kier alpha value is -2.44. The van der Waals surface area contributed by atoms with Crippen molar-refractivity contribution >= 4 is 12.3 Å². The summed E-state index contributed by atoms with van der Waals surface area (Å²) in [5, 5.41) is 3.72. The molecule has 104 valence electrons. The highest BCUT2D eigenvalue weighted by molar-refractivity contribution is 5.83. The van der Waals surface area contributed by atoms with Gasteiger partial charge in [-0.05, 0) is 12.1 Å². The Labute approximate surface area is 111 Å². The van der Waals surface area contributed by atoms with Gasteiger partial charge in [-0.15, -0.1) is 0 Å². The van der Waals surface area contributed by atoms with Crippen molar-refractivity contribution in [2.45, 2.75) is 0 Å². The lowest BCUT2D eigenvalue weighted by Gasteiger charge is -2.12. The van der Waals surface area contributed by atoms with Crippen LogP contribution in [0.4, 0.5) is 4.79 Å². The van der Waals surface area contributed by atoms with Gasteiger partial charge in [0.1, 0.15) is 0 Å². The van der Waals surface area contributed by atoms with E-state index in [4.69, 9.17) is 14.2 Å². The number of ether oxygens (including phenoxy) is 4. The van der Waals surface area contributed by atoms with Crippen molar-refractivity contribution in [3.05, 3.63) is 17.7 Å². The topological polar surface area (TPSA) is 78.4 Å². The van der Waals surface area contributed by atoms with Gasteiger partial charge in [0, 0.05) is 5.56 Å². The predicted octanol–water partition coefficient (Wildman–Crippen LogP) is 1.40. The quantitative estimate of drug-likeness (QED) is 0.645. The summed E-state index contributed by atoms with van der Waals surface area (Å²) >= 11 is 0. The van der Waals surface area contributed by atoms with Crippen LogP contribution in [0.1, 0.15) is 5.56 Å². The van der Waals surface area contributed by atoms with E-state index in [1.807, 2.05) is 0 Å². The Morgan fingerprint density at radius 1 is 1.11 bits per heavy atom. The molecule has 0 aliphatic heterocycles. The molecule has 1 rings (SSSR count). The van der Waals surface area contributed by atoms with Crippen LogP contribution in [0.2, 0.25) is 0 Å². The molecule has 0 atom stereocenters. The van der Waals surface area contributed by atoms with E-state index in [1.54, 1.807) is 12.1 Å². The van der Waals surface area contributed by atoms with Crippen molar-refractivity contribution in [1.82, 2.24) is 5.43 Å². The number of carbonyl (C=O) groups is 1. The summed E-state index contributed by atoms with van der Waals surface area (Å²) in [5.41, 5.74) is 2.85. The van der Waals surface area contributed by atoms with Crippen LogP contribution in [-0.2, 0) is 4.74 Å². The Morgan fingerprint density at radius 3 is 2.11 bits per heavy atom. The van der Waals surface area contributed by atoms with Gasteiger partial charge in [0.05, 0.1) is 34.7 Å². The second-order valence-corrected chi connectivity index (χ2v) is 3.32. The highest BCUT2D eigenvalue weighted by Crippen LogP contribution is 2.37. The zero-order valence-corrected chi connectivity index (χ0v) is 11.2. The third-order valence-electron chi connectivity index (χ3n) is 2.24. The summed E-state index contributed by atoms with van der Waals surface area (Å²) < 4.78 is 19.9. The summed E-state index contributed by atoms with van der Waals surface area (Å²) in [6.07, 6.45) is 0.783. The van der Waals surface area contributed by atoms with Crippen molar-refractivity contribution in [2.24, 2.45) is 5.10 Å². The third-order valence-corrected chi connectivity index (χ3v) is 2.24.